The van der Waals surface area contributed by atoms with Gasteiger partial charge < -0.3 is 25.6 Å². The van der Waals surface area contributed by atoms with Crippen LogP contribution >= 0.6 is 0 Å². The fourth-order valence-electron chi connectivity index (χ4n) is 2.68. The van der Waals surface area contributed by atoms with Crippen molar-refractivity contribution in [2.75, 3.05) is 40.8 Å². The lowest BCUT2D eigenvalue weighted by molar-refractivity contribution is 0.197. The lowest BCUT2D eigenvalue weighted by Gasteiger charge is -2.25. The quantitative estimate of drug-likeness (QED) is 0.539. The van der Waals surface area contributed by atoms with Gasteiger partial charge in [0.15, 0.2) is 0 Å². The largest absolute Gasteiger partial charge is 0.387 e. The number of urea groups is 1. The summed E-state index contributed by atoms with van der Waals surface area (Å²) < 4.78 is 0. The molecule has 2 atom stereocenters. The number of hydrazine groups is 1. The minimum atomic E-state index is -0.683. The van der Waals surface area contributed by atoms with Crippen molar-refractivity contribution < 1.29 is 9.90 Å². The highest BCUT2D eigenvalue weighted by Gasteiger charge is 2.18. The summed E-state index contributed by atoms with van der Waals surface area (Å²) in [4.78, 5) is 14.1. The van der Waals surface area contributed by atoms with E-state index in [0.29, 0.717) is 13.1 Å². The maximum atomic E-state index is 12.0. The van der Waals surface area contributed by atoms with E-state index in [2.05, 4.69) is 33.1 Å². The van der Waals surface area contributed by atoms with E-state index in [1.54, 1.807) is 5.01 Å². The Bertz CT molecular complexity index is 576. The second-order valence-electron chi connectivity index (χ2n) is 6.56. The summed E-state index contributed by atoms with van der Waals surface area (Å²) >= 11 is 0. The fourth-order valence-corrected chi connectivity index (χ4v) is 2.68. The minimum absolute atomic E-state index is 0.193. The first-order chi connectivity index (χ1) is 12.0. The van der Waals surface area contributed by atoms with Gasteiger partial charge in [-0.25, -0.2) is 10.2 Å². The highest BCUT2D eigenvalue weighted by Crippen LogP contribution is 2.07. The molecule has 7 nitrogen and oxygen atoms in total. The lowest BCUT2D eigenvalue weighted by Crippen LogP contribution is -2.46. The van der Waals surface area contributed by atoms with Crippen molar-refractivity contribution in [3.8, 4) is 0 Å². The Balaban J connectivity index is 1.74. The molecule has 138 valence electrons. The van der Waals surface area contributed by atoms with Crippen LogP contribution in [0.25, 0.3) is 0 Å². The molecule has 1 aliphatic rings. The highest BCUT2D eigenvalue weighted by atomic mass is 16.3. The zero-order valence-corrected chi connectivity index (χ0v) is 15.2. The van der Waals surface area contributed by atoms with Crippen LogP contribution in [0, 0.1) is 0 Å². The molecule has 1 aromatic rings. The zero-order valence-electron chi connectivity index (χ0n) is 15.2. The predicted octanol–water partition coefficient (Wildman–Crippen LogP) is 0.153. The maximum Gasteiger partial charge on any atom is 0.314 e. The standard InChI is InChI=1S/C18H29N5O2/c1-22(2)16(9-14-7-5-4-6-8-14)11-19-18(25)20-12-17(24)15-10-21-23(3)13-15/h4-8,13,16-17,21,24H,9-12H2,1-3H3,(H2,19,20,25). The van der Waals surface area contributed by atoms with Gasteiger partial charge in [-0.05, 0) is 31.7 Å². The number of hydrogen-bond acceptors (Lipinski definition) is 5. The van der Waals surface area contributed by atoms with Crippen LogP contribution in [-0.4, -0.2) is 74.0 Å². The van der Waals surface area contributed by atoms with Crippen LogP contribution in [-0.2, 0) is 6.42 Å². The number of amides is 2. The van der Waals surface area contributed by atoms with Gasteiger partial charge in [-0.15, -0.1) is 0 Å². The van der Waals surface area contributed by atoms with Gasteiger partial charge in [-0.1, -0.05) is 30.3 Å². The number of likely N-dealkylation sites (N-methyl/N-ethyl adjacent to an activating group) is 1. The lowest BCUT2D eigenvalue weighted by atomic mass is 10.1. The Kier molecular flexibility index (Phi) is 7.24. The summed E-state index contributed by atoms with van der Waals surface area (Å²) in [5, 5.41) is 17.5. The third-order valence-corrected chi connectivity index (χ3v) is 4.32. The second-order valence-corrected chi connectivity index (χ2v) is 6.56. The number of rotatable bonds is 8. The van der Waals surface area contributed by atoms with Crippen LogP contribution in [0.2, 0.25) is 0 Å². The number of nitrogens with zero attached hydrogens (tertiary/aromatic N) is 2. The fraction of sp³-hybridized carbons (Fsp3) is 0.500. The van der Waals surface area contributed by atoms with E-state index >= 15 is 0 Å². The Labute approximate surface area is 149 Å². The van der Waals surface area contributed by atoms with Gasteiger partial charge in [0.2, 0.25) is 0 Å². The van der Waals surface area contributed by atoms with Gasteiger partial charge in [-0.2, -0.15) is 0 Å². The average Bonchev–Trinajstić information content (AvgIpc) is 3.03. The first-order valence-corrected chi connectivity index (χ1v) is 8.52. The van der Waals surface area contributed by atoms with Crippen LogP contribution in [0.5, 0.6) is 0 Å². The zero-order chi connectivity index (χ0) is 18.2. The van der Waals surface area contributed by atoms with Crippen molar-refractivity contribution in [2.24, 2.45) is 0 Å². The van der Waals surface area contributed by atoms with Gasteiger partial charge in [0.1, 0.15) is 0 Å². The molecule has 1 aromatic carbocycles. The average molecular weight is 347 g/mol. The van der Waals surface area contributed by atoms with Gasteiger partial charge in [0.25, 0.3) is 0 Å². The minimum Gasteiger partial charge on any atom is -0.387 e. The maximum absolute atomic E-state index is 12.0. The molecule has 0 aromatic heterocycles. The highest BCUT2D eigenvalue weighted by molar-refractivity contribution is 5.73. The van der Waals surface area contributed by atoms with E-state index in [1.807, 2.05) is 45.5 Å². The van der Waals surface area contributed by atoms with Crippen molar-refractivity contribution in [3.63, 3.8) is 0 Å². The number of benzene rings is 1. The van der Waals surface area contributed by atoms with Gasteiger partial charge in [0.05, 0.1) is 6.10 Å². The van der Waals surface area contributed by atoms with Crippen LogP contribution in [0.3, 0.4) is 0 Å². The number of carbonyl (C=O) groups is 1. The number of hydrogen-bond donors (Lipinski definition) is 4. The number of nitrogens with one attached hydrogen (secondary N) is 3. The summed E-state index contributed by atoms with van der Waals surface area (Å²) in [6.45, 7) is 1.33. The van der Waals surface area contributed by atoms with Crippen LogP contribution < -0.4 is 16.1 Å². The molecule has 7 heteroatoms. The summed E-state index contributed by atoms with van der Waals surface area (Å²) in [7, 11) is 5.88. The van der Waals surface area contributed by atoms with Gasteiger partial charge in [0, 0.05) is 38.9 Å². The van der Waals surface area contributed by atoms with Crippen LogP contribution in [0.15, 0.2) is 42.1 Å². The second kappa shape index (κ2) is 9.41. The number of aliphatic hydroxyl groups excluding tert-OH is 1. The Hall–Kier alpha value is -2.09. The molecule has 2 amide bonds. The molecule has 0 fully saturated rings. The molecule has 1 aliphatic heterocycles. The molecule has 0 saturated carbocycles. The SMILES string of the molecule is CN1C=C(C(O)CNC(=O)NCC(Cc2ccccc2)N(C)C)CN1. The normalized spacial score (nSPS) is 16.5. The van der Waals surface area contributed by atoms with Crippen LogP contribution in [0.1, 0.15) is 5.56 Å². The Morgan fingerprint density at radius 2 is 1.96 bits per heavy atom. The van der Waals surface area contributed by atoms with Crippen molar-refractivity contribution in [1.29, 1.82) is 0 Å². The first kappa shape index (κ1) is 19.2. The Morgan fingerprint density at radius 1 is 1.28 bits per heavy atom. The number of carbonyl (C=O) groups excluding carboxylic acids is 1. The summed E-state index contributed by atoms with van der Waals surface area (Å²) in [5.74, 6) is 0. The van der Waals surface area contributed by atoms with E-state index in [-0.39, 0.29) is 18.6 Å². The smallest absolute Gasteiger partial charge is 0.314 e. The van der Waals surface area contributed by atoms with Crippen molar-refractivity contribution in [1.82, 2.24) is 26.0 Å². The van der Waals surface area contributed by atoms with Gasteiger partial charge in [-0.3, -0.25) is 0 Å². The molecule has 0 saturated heterocycles. The molecule has 0 aliphatic carbocycles. The van der Waals surface area contributed by atoms with Crippen molar-refractivity contribution in [2.45, 2.75) is 18.6 Å². The summed E-state index contributed by atoms with van der Waals surface area (Å²) in [6, 6.07) is 10.2. The summed E-state index contributed by atoms with van der Waals surface area (Å²) in [5.41, 5.74) is 5.16. The van der Waals surface area contributed by atoms with E-state index in [9.17, 15) is 9.90 Å². The molecule has 2 rings (SSSR count). The van der Waals surface area contributed by atoms with Crippen molar-refractivity contribution in [3.05, 3.63) is 47.7 Å². The molecule has 2 unspecified atom stereocenters. The summed E-state index contributed by atoms with van der Waals surface area (Å²) in [6.07, 6.45) is 2.02. The molecule has 0 radical (unpaired) electrons. The van der Waals surface area contributed by atoms with Crippen molar-refractivity contribution >= 4 is 6.03 Å². The van der Waals surface area contributed by atoms with Gasteiger partial charge >= 0.3 is 6.03 Å². The molecule has 0 bridgehead atoms. The van der Waals surface area contributed by atoms with E-state index in [1.165, 1.54) is 5.56 Å². The predicted molar refractivity (Wildman–Crippen MR) is 98.9 cm³/mol. The molecule has 4 N–H and O–H groups in total. The number of aliphatic hydroxyl groups is 1. The molecule has 0 spiro atoms. The molecule has 1 heterocycles. The van der Waals surface area contributed by atoms with Crippen LogP contribution in [0.4, 0.5) is 4.79 Å². The molecule has 25 heavy (non-hydrogen) atoms. The molecular formula is C18H29N5O2. The third kappa shape index (κ3) is 6.38. The van der Waals surface area contributed by atoms with E-state index < -0.39 is 6.10 Å². The topological polar surface area (TPSA) is 79.9 Å². The van der Waals surface area contributed by atoms with E-state index in [0.717, 1.165) is 12.0 Å². The van der Waals surface area contributed by atoms with E-state index in [4.69, 9.17) is 0 Å². The Morgan fingerprint density at radius 3 is 2.56 bits per heavy atom. The first-order valence-electron chi connectivity index (χ1n) is 8.52. The third-order valence-electron chi connectivity index (χ3n) is 4.32. The monoisotopic (exact) mass is 347 g/mol. The molecular weight excluding hydrogens is 318 g/mol.